The molecule has 0 aliphatic heterocycles. The highest BCUT2D eigenvalue weighted by Gasteiger charge is 2.23. The SMILES string of the molecule is c1ccc(-c2ccc(N(c3cccc4ccccc34)c3cccc4c3sc3c(-c5ccccc5)cccc34)cc2)cc1.c1ccc(-c2cccc3c2sc2c(N(c4ccc(-c5cccc6ccccc56)cc4)c4ccc(-c5cccc6ccccc56)cc4)cccc23)cc1. The molecule has 0 amide bonds. The zero-order chi connectivity index (χ0) is 62.3. The van der Waals surface area contributed by atoms with E-state index in [9.17, 15) is 0 Å². The van der Waals surface area contributed by atoms with Crippen LogP contribution >= 0.6 is 22.7 Å². The van der Waals surface area contributed by atoms with Crippen molar-refractivity contribution >= 4 is 129 Å². The number of rotatable bonds is 11. The van der Waals surface area contributed by atoms with Gasteiger partial charge in [0, 0.05) is 53.4 Å². The highest BCUT2D eigenvalue weighted by atomic mass is 32.1. The zero-order valence-corrected chi connectivity index (χ0v) is 53.0. The van der Waals surface area contributed by atoms with Gasteiger partial charge in [-0.1, -0.05) is 309 Å². The Labute approximate surface area is 555 Å². The summed E-state index contributed by atoms with van der Waals surface area (Å²) in [6.45, 7) is 0. The number of thiophene rings is 2. The van der Waals surface area contributed by atoms with Gasteiger partial charge < -0.3 is 9.80 Å². The van der Waals surface area contributed by atoms with Gasteiger partial charge in [-0.15, -0.1) is 22.7 Å². The Balaban J connectivity index is 0.000000146. The fourth-order valence-corrected chi connectivity index (χ4v) is 16.5. The molecule has 0 bridgehead atoms. The molecule has 2 aromatic heterocycles. The van der Waals surface area contributed by atoms with Gasteiger partial charge in [-0.2, -0.15) is 0 Å². The van der Waals surface area contributed by atoms with Crippen LogP contribution in [0.4, 0.5) is 34.1 Å². The lowest BCUT2D eigenvalue weighted by atomic mass is 9.97. The number of fused-ring (bicyclic) bond motifs is 9. The van der Waals surface area contributed by atoms with Crippen LogP contribution in [0.15, 0.2) is 364 Å². The fourth-order valence-electron chi connectivity index (χ4n) is 13.9. The van der Waals surface area contributed by atoms with E-state index in [2.05, 4.69) is 374 Å². The summed E-state index contributed by atoms with van der Waals surface area (Å²) in [5.74, 6) is 0. The first-order valence-electron chi connectivity index (χ1n) is 32.0. The second-order valence-corrected chi connectivity index (χ2v) is 25.9. The van der Waals surface area contributed by atoms with Gasteiger partial charge in [-0.05, 0) is 137 Å². The van der Waals surface area contributed by atoms with Gasteiger partial charge in [0.25, 0.3) is 0 Å². The Morgan fingerprint density at radius 2 is 0.436 bits per heavy atom. The second kappa shape index (κ2) is 24.5. The van der Waals surface area contributed by atoms with E-state index in [4.69, 9.17) is 0 Å². The summed E-state index contributed by atoms with van der Waals surface area (Å²) in [6, 6.07) is 132. The minimum absolute atomic E-state index is 1.12. The number of hydrogen-bond acceptors (Lipinski definition) is 4. The van der Waals surface area contributed by atoms with Gasteiger partial charge in [0.15, 0.2) is 0 Å². The van der Waals surface area contributed by atoms with Crippen LogP contribution < -0.4 is 9.80 Å². The minimum Gasteiger partial charge on any atom is -0.309 e. The molecule has 0 aliphatic carbocycles. The number of hydrogen-bond donors (Lipinski definition) is 0. The maximum Gasteiger partial charge on any atom is 0.0640 e. The van der Waals surface area contributed by atoms with Crippen LogP contribution in [0.5, 0.6) is 0 Å². The van der Waals surface area contributed by atoms with Gasteiger partial charge >= 0.3 is 0 Å². The highest BCUT2D eigenvalue weighted by Crippen LogP contribution is 2.50. The molecule has 0 saturated heterocycles. The van der Waals surface area contributed by atoms with Crippen molar-refractivity contribution in [3.05, 3.63) is 364 Å². The van der Waals surface area contributed by atoms with Crippen molar-refractivity contribution in [3.63, 3.8) is 0 Å². The van der Waals surface area contributed by atoms with Crippen LogP contribution in [0, 0.1) is 0 Å². The van der Waals surface area contributed by atoms with Crippen molar-refractivity contribution in [2.75, 3.05) is 9.80 Å². The molecular weight excluding hydrogens is 1170 g/mol. The Bertz CT molecular complexity index is 5640. The lowest BCUT2D eigenvalue weighted by Crippen LogP contribution is -2.10. The Kier molecular flexibility index (Phi) is 14.7. The third-order valence-corrected chi connectivity index (χ3v) is 20.9. The van der Waals surface area contributed by atoms with E-state index in [1.165, 1.54) is 145 Å². The Morgan fingerprint density at radius 3 is 0.904 bits per heavy atom. The smallest absolute Gasteiger partial charge is 0.0640 e. The van der Waals surface area contributed by atoms with Crippen LogP contribution in [-0.4, -0.2) is 0 Å². The normalized spacial score (nSPS) is 11.4. The molecule has 2 heterocycles. The average Bonchev–Trinajstić information content (AvgIpc) is 1.64. The lowest BCUT2D eigenvalue weighted by Gasteiger charge is -2.27. The molecule has 0 N–H and O–H groups in total. The zero-order valence-electron chi connectivity index (χ0n) is 51.4. The monoisotopic (exact) mass is 1230 g/mol. The maximum atomic E-state index is 2.44. The van der Waals surface area contributed by atoms with Crippen molar-refractivity contribution in [1.29, 1.82) is 0 Å². The van der Waals surface area contributed by atoms with Crippen LogP contribution in [-0.2, 0) is 0 Å². The summed E-state index contributed by atoms with van der Waals surface area (Å²) < 4.78 is 5.20. The minimum atomic E-state index is 1.12. The van der Waals surface area contributed by atoms with Crippen LogP contribution in [0.2, 0.25) is 0 Å². The largest absolute Gasteiger partial charge is 0.309 e. The molecule has 18 rings (SSSR count). The third kappa shape index (κ3) is 10.3. The Hall–Kier alpha value is -11.7. The van der Waals surface area contributed by atoms with E-state index in [1.807, 2.05) is 22.7 Å². The topological polar surface area (TPSA) is 6.48 Å². The summed E-state index contributed by atoms with van der Waals surface area (Å²) in [5.41, 5.74) is 19.3. The van der Waals surface area contributed by atoms with Crippen molar-refractivity contribution in [2.45, 2.75) is 0 Å². The second-order valence-electron chi connectivity index (χ2n) is 23.8. The lowest BCUT2D eigenvalue weighted by molar-refractivity contribution is 1.30. The van der Waals surface area contributed by atoms with E-state index >= 15 is 0 Å². The average molecular weight is 1230 g/mol. The van der Waals surface area contributed by atoms with Crippen molar-refractivity contribution in [3.8, 4) is 55.6 Å². The molecule has 16 aromatic carbocycles. The van der Waals surface area contributed by atoms with Crippen LogP contribution in [0.3, 0.4) is 0 Å². The van der Waals surface area contributed by atoms with Crippen molar-refractivity contribution in [2.24, 2.45) is 0 Å². The molecule has 0 fully saturated rings. The summed E-state index contributed by atoms with van der Waals surface area (Å²) in [5, 5.41) is 12.7. The summed E-state index contributed by atoms with van der Waals surface area (Å²) in [4.78, 5) is 4.87. The van der Waals surface area contributed by atoms with E-state index in [0.29, 0.717) is 0 Å². The van der Waals surface area contributed by atoms with Gasteiger partial charge in [-0.3, -0.25) is 0 Å². The van der Waals surface area contributed by atoms with Crippen LogP contribution in [0.25, 0.3) is 128 Å². The molecule has 18 aromatic rings. The Morgan fingerprint density at radius 1 is 0.160 bits per heavy atom. The van der Waals surface area contributed by atoms with E-state index < -0.39 is 0 Å². The van der Waals surface area contributed by atoms with Crippen molar-refractivity contribution in [1.82, 2.24) is 0 Å². The number of benzene rings is 16. The van der Waals surface area contributed by atoms with Crippen molar-refractivity contribution < 1.29 is 0 Å². The molecule has 0 atom stereocenters. The van der Waals surface area contributed by atoms with Gasteiger partial charge in [0.05, 0.1) is 26.5 Å². The summed E-state index contributed by atoms with van der Waals surface area (Å²) in [7, 11) is 0. The first-order valence-corrected chi connectivity index (χ1v) is 33.7. The molecular formula is C90H60N2S2. The van der Waals surface area contributed by atoms with Gasteiger partial charge in [-0.25, -0.2) is 0 Å². The van der Waals surface area contributed by atoms with Crippen LogP contribution in [0.1, 0.15) is 0 Å². The molecule has 4 heteroatoms. The quantitative estimate of drug-likeness (QED) is 0.127. The van der Waals surface area contributed by atoms with Gasteiger partial charge in [0.2, 0.25) is 0 Å². The summed E-state index contributed by atoms with van der Waals surface area (Å²) in [6.07, 6.45) is 0. The molecule has 0 radical (unpaired) electrons. The van der Waals surface area contributed by atoms with Gasteiger partial charge in [0.1, 0.15) is 0 Å². The molecule has 442 valence electrons. The highest BCUT2D eigenvalue weighted by molar-refractivity contribution is 7.27. The predicted octanol–water partition coefficient (Wildman–Crippen LogP) is 26.8. The maximum absolute atomic E-state index is 2.44. The molecule has 0 unspecified atom stereocenters. The third-order valence-electron chi connectivity index (χ3n) is 18.4. The van der Waals surface area contributed by atoms with E-state index in [0.717, 1.165) is 17.1 Å². The van der Waals surface area contributed by atoms with E-state index in [1.54, 1.807) is 0 Å². The fraction of sp³-hybridized carbons (Fsp3) is 0. The molecule has 0 saturated carbocycles. The number of anilines is 6. The first kappa shape index (κ1) is 56.3. The predicted molar refractivity (Wildman–Crippen MR) is 408 cm³/mol. The number of nitrogens with zero attached hydrogens (tertiary/aromatic N) is 2. The summed E-state index contributed by atoms with van der Waals surface area (Å²) >= 11 is 3.78. The molecule has 94 heavy (non-hydrogen) atoms. The molecule has 0 aliphatic rings. The standard InChI is InChI=1S/C50H33NS.C40H27NS/c1-2-12-36(13-3-1)45-22-10-23-46-47-24-11-25-48(50(47)52-49(45)46)51(39-30-26-37(27-31-39)43-20-8-16-34-14-4-6-18-41(34)43)40-32-28-38(29-33-40)44-21-9-17-35-15-5-7-19-42(35)44;1-3-12-28(13-4-1)29-24-26-32(27-25-29)41(37-22-9-17-30-16-7-8-18-33(30)37)38-23-11-21-36-35-20-10-19-34(39(35)42-40(36)38)31-14-5-2-6-15-31/h1-33H;1-27H. The molecule has 2 nitrogen and oxygen atoms in total. The van der Waals surface area contributed by atoms with E-state index in [-0.39, 0.29) is 0 Å². The molecule has 0 spiro atoms. The first-order chi connectivity index (χ1) is 46.6.